The topological polar surface area (TPSA) is 104 Å². The Morgan fingerprint density at radius 1 is 0.967 bits per heavy atom. The Morgan fingerprint density at radius 3 is 2.17 bits per heavy atom. The van der Waals surface area contributed by atoms with Gasteiger partial charge in [-0.1, -0.05) is 24.3 Å². The predicted octanol–water partition coefficient (Wildman–Crippen LogP) is 2.39. The van der Waals surface area contributed by atoms with E-state index < -0.39 is 23.8 Å². The van der Waals surface area contributed by atoms with Crippen LogP contribution in [0.5, 0.6) is 0 Å². The second-order valence-corrected chi connectivity index (χ2v) is 6.72. The van der Waals surface area contributed by atoms with Crippen LogP contribution in [-0.2, 0) is 35.2 Å². The average Bonchev–Trinajstić information content (AvgIpc) is 2.75. The molecule has 3 rings (SSSR count). The number of aromatic nitrogens is 1. The molecule has 1 N–H and O–H groups in total. The highest BCUT2D eigenvalue weighted by atomic mass is 16.5. The molecule has 156 valence electrons. The molecule has 0 saturated heterocycles. The van der Waals surface area contributed by atoms with Gasteiger partial charge < -0.3 is 19.5 Å². The highest BCUT2D eigenvalue weighted by Gasteiger charge is 2.42. The molecule has 0 fully saturated rings. The first-order chi connectivity index (χ1) is 14.4. The Labute approximate surface area is 173 Å². The summed E-state index contributed by atoms with van der Waals surface area (Å²) in [6.07, 6.45) is 1.66. The normalized spacial score (nSPS) is 14.4. The molecule has 0 bridgehead atoms. The van der Waals surface area contributed by atoms with E-state index in [4.69, 9.17) is 14.2 Å². The second-order valence-electron chi connectivity index (χ2n) is 6.72. The van der Waals surface area contributed by atoms with Crippen LogP contribution in [0.25, 0.3) is 10.9 Å². The van der Waals surface area contributed by atoms with Crippen molar-refractivity contribution >= 4 is 28.8 Å². The van der Waals surface area contributed by atoms with E-state index in [0.29, 0.717) is 22.5 Å². The quantitative estimate of drug-likeness (QED) is 0.592. The summed E-state index contributed by atoms with van der Waals surface area (Å²) in [6.45, 7) is 3.18. The summed E-state index contributed by atoms with van der Waals surface area (Å²) in [7, 11) is 2.41. The predicted molar refractivity (Wildman–Crippen MR) is 108 cm³/mol. The molecule has 8 heteroatoms. The van der Waals surface area contributed by atoms with Crippen molar-refractivity contribution in [1.82, 2.24) is 10.3 Å². The van der Waals surface area contributed by atoms with Crippen LogP contribution in [-0.4, -0.2) is 37.1 Å². The zero-order chi connectivity index (χ0) is 21.8. The molecule has 8 nitrogen and oxygen atoms in total. The van der Waals surface area contributed by atoms with E-state index in [9.17, 15) is 14.4 Å². The van der Waals surface area contributed by atoms with E-state index in [0.717, 1.165) is 5.39 Å². The van der Waals surface area contributed by atoms with Gasteiger partial charge in [0.15, 0.2) is 0 Å². The van der Waals surface area contributed by atoms with E-state index >= 15 is 0 Å². The molecule has 0 radical (unpaired) electrons. The van der Waals surface area contributed by atoms with Gasteiger partial charge in [0.2, 0.25) is 0 Å². The van der Waals surface area contributed by atoms with Crippen LogP contribution < -0.4 is 5.32 Å². The number of dihydropyridines is 1. The van der Waals surface area contributed by atoms with Crippen LogP contribution in [0.15, 0.2) is 59.1 Å². The lowest BCUT2D eigenvalue weighted by Crippen LogP contribution is -2.37. The molecule has 0 saturated carbocycles. The van der Waals surface area contributed by atoms with Gasteiger partial charge in [-0.2, -0.15) is 0 Å². The third-order valence-electron chi connectivity index (χ3n) is 4.89. The van der Waals surface area contributed by atoms with Gasteiger partial charge in [-0.25, -0.2) is 9.59 Å². The SMILES string of the molecule is COC(=O)C1=C(C)NC(C)=C(C(=O)OC)C1C(=O)OCc1cccc2cccnc12. The van der Waals surface area contributed by atoms with Crippen molar-refractivity contribution in [3.05, 3.63) is 64.6 Å². The zero-order valence-corrected chi connectivity index (χ0v) is 17.1. The van der Waals surface area contributed by atoms with Gasteiger partial charge in [-0.15, -0.1) is 0 Å². The van der Waals surface area contributed by atoms with E-state index in [2.05, 4.69) is 10.3 Å². The van der Waals surface area contributed by atoms with Crippen LogP contribution >= 0.6 is 0 Å². The Kier molecular flexibility index (Phi) is 6.15. The highest BCUT2D eigenvalue weighted by molar-refractivity contribution is 6.05. The number of hydrogen-bond acceptors (Lipinski definition) is 8. The molecule has 2 aromatic rings. The number of nitrogens with zero attached hydrogens (tertiary/aromatic N) is 1. The molecule has 0 amide bonds. The fourth-order valence-corrected chi connectivity index (χ4v) is 3.51. The van der Waals surface area contributed by atoms with Gasteiger partial charge in [0, 0.05) is 28.5 Å². The molecule has 30 heavy (non-hydrogen) atoms. The summed E-state index contributed by atoms with van der Waals surface area (Å²) in [4.78, 5) is 42.2. The van der Waals surface area contributed by atoms with Crippen LogP contribution in [0.3, 0.4) is 0 Å². The lowest BCUT2D eigenvalue weighted by molar-refractivity contribution is -0.152. The minimum Gasteiger partial charge on any atom is -0.466 e. The molecule has 1 aliphatic heterocycles. The highest BCUT2D eigenvalue weighted by Crippen LogP contribution is 2.32. The summed E-state index contributed by atoms with van der Waals surface area (Å²) in [5.74, 6) is -3.50. The Hall–Kier alpha value is -3.68. The Balaban J connectivity index is 1.95. The number of pyridine rings is 1. The largest absolute Gasteiger partial charge is 0.466 e. The van der Waals surface area contributed by atoms with Crippen molar-refractivity contribution in [2.45, 2.75) is 20.5 Å². The number of carbonyl (C=O) groups is 3. The second kappa shape index (κ2) is 8.77. The van der Waals surface area contributed by atoms with Crippen LogP contribution in [0, 0.1) is 5.92 Å². The third-order valence-corrected chi connectivity index (χ3v) is 4.89. The lowest BCUT2D eigenvalue weighted by Gasteiger charge is -2.28. The molecule has 0 atom stereocenters. The van der Waals surface area contributed by atoms with E-state index in [1.807, 2.05) is 24.3 Å². The van der Waals surface area contributed by atoms with Gasteiger partial charge in [0.05, 0.1) is 30.9 Å². The third kappa shape index (κ3) is 3.89. The van der Waals surface area contributed by atoms with Crippen molar-refractivity contribution in [3.63, 3.8) is 0 Å². The van der Waals surface area contributed by atoms with Crippen LogP contribution in [0.2, 0.25) is 0 Å². The van der Waals surface area contributed by atoms with Crippen molar-refractivity contribution in [2.24, 2.45) is 5.92 Å². The maximum absolute atomic E-state index is 13.1. The Morgan fingerprint density at radius 2 is 1.57 bits per heavy atom. The first kappa shape index (κ1) is 21.0. The van der Waals surface area contributed by atoms with Crippen LogP contribution in [0.4, 0.5) is 0 Å². The molecule has 0 aliphatic carbocycles. The number of carbonyl (C=O) groups excluding carboxylic acids is 3. The summed E-state index contributed by atoms with van der Waals surface area (Å²) in [6, 6.07) is 9.27. The van der Waals surface area contributed by atoms with Crippen molar-refractivity contribution in [1.29, 1.82) is 0 Å². The summed E-state index contributed by atoms with van der Waals surface area (Å²) >= 11 is 0. The molecular formula is C22H22N2O6. The summed E-state index contributed by atoms with van der Waals surface area (Å²) in [5, 5.41) is 3.84. The monoisotopic (exact) mass is 410 g/mol. The standard InChI is InChI=1S/C22H22N2O6/c1-12-16(20(25)28-3)18(17(13(2)24-12)21(26)29-4)22(27)30-11-15-8-5-7-14-9-6-10-23-19(14)15/h5-10,18,24H,11H2,1-4H3. The van der Waals surface area contributed by atoms with Gasteiger partial charge in [-0.05, 0) is 19.9 Å². The number of fused-ring (bicyclic) bond motifs is 1. The summed E-state index contributed by atoms with van der Waals surface area (Å²) < 4.78 is 15.2. The minimum atomic E-state index is -1.27. The number of esters is 3. The maximum atomic E-state index is 13.1. The smallest absolute Gasteiger partial charge is 0.336 e. The number of para-hydroxylation sites is 1. The van der Waals surface area contributed by atoms with Crippen LogP contribution in [0.1, 0.15) is 19.4 Å². The van der Waals surface area contributed by atoms with Crippen molar-refractivity contribution in [3.8, 4) is 0 Å². The number of ether oxygens (including phenoxy) is 3. The number of hydrogen-bond donors (Lipinski definition) is 1. The molecule has 1 aromatic carbocycles. The van der Waals surface area contributed by atoms with E-state index in [-0.39, 0.29) is 17.8 Å². The first-order valence-corrected chi connectivity index (χ1v) is 9.23. The molecular weight excluding hydrogens is 388 g/mol. The number of rotatable bonds is 5. The van der Waals surface area contributed by atoms with E-state index in [1.54, 1.807) is 26.1 Å². The molecule has 2 heterocycles. The van der Waals surface area contributed by atoms with Gasteiger partial charge >= 0.3 is 17.9 Å². The number of methoxy groups -OCH3 is 2. The molecule has 1 aromatic heterocycles. The van der Waals surface area contributed by atoms with E-state index in [1.165, 1.54) is 14.2 Å². The van der Waals surface area contributed by atoms with Gasteiger partial charge in [0.1, 0.15) is 12.5 Å². The first-order valence-electron chi connectivity index (χ1n) is 9.23. The number of nitrogens with one attached hydrogen (secondary N) is 1. The van der Waals surface area contributed by atoms with Gasteiger partial charge in [0.25, 0.3) is 0 Å². The minimum absolute atomic E-state index is 0.00421. The van der Waals surface area contributed by atoms with Gasteiger partial charge in [-0.3, -0.25) is 9.78 Å². The maximum Gasteiger partial charge on any atom is 0.336 e. The Bertz CT molecular complexity index is 1040. The molecule has 1 aliphatic rings. The fraction of sp³-hybridized carbons (Fsp3) is 0.273. The number of allylic oxidation sites excluding steroid dienone is 2. The average molecular weight is 410 g/mol. The zero-order valence-electron chi connectivity index (χ0n) is 17.1. The summed E-state index contributed by atoms with van der Waals surface area (Å²) in [5.41, 5.74) is 2.23. The van der Waals surface area contributed by atoms with Crippen molar-refractivity contribution in [2.75, 3.05) is 14.2 Å². The van der Waals surface area contributed by atoms with Crippen molar-refractivity contribution < 1.29 is 28.6 Å². The lowest BCUT2D eigenvalue weighted by atomic mass is 9.85. The fourth-order valence-electron chi connectivity index (χ4n) is 3.51. The molecule has 0 spiro atoms. The molecule has 0 unspecified atom stereocenters. The number of benzene rings is 1.